The van der Waals surface area contributed by atoms with E-state index in [0.717, 1.165) is 5.56 Å². The van der Waals surface area contributed by atoms with Gasteiger partial charge in [-0.2, -0.15) is 0 Å². The molecule has 0 heterocycles. The van der Waals surface area contributed by atoms with Crippen molar-refractivity contribution in [3.8, 4) is 5.75 Å². The third-order valence-electron chi connectivity index (χ3n) is 1.92. The lowest BCUT2D eigenvalue weighted by atomic mass is 10.1. The van der Waals surface area contributed by atoms with Crippen molar-refractivity contribution in [3.05, 3.63) is 29.8 Å². The fourth-order valence-corrected chi connectivity index (χ4v) is 1.28. The quantitative estimate of drug-likeness (QED) is 0.730. The van der Waals surface area contributed by atoms with E-state index in [1.165, 1.54) is 0 Å². The molecule has 0 unspecified atom stereocenters. The Kier molecular flexibility index (Phi) is 4.06. The van der Waals surface area contributed by atoms with Crippen LogP contribution in [0.1, 0.15) is 12.0 Å². The average molecular weight is 201 g/mol. The van der Waals surface area contributed by atoms with Gasteiger partial charge in [-0.05, 0) is 24.5 Å². The lowest BCUT2D eigenvalue weighted by Gasteiger charge is -2.07. The number of alkyl halides is 1. The van der Waals surface area contributed by atoms with E-state index in [1.54, 1.807) is 12.1 Å². The van der Waals surface area contributed by atoms with Crippen LogP contribution in [0.15, 0.2) is 24.3 Å². The van der Waals surface area contributed by atoms with E-state index in [1.807, 2.05) is 12.1 Å². The van der Waals surface area contributed by atoms with Crippen LogP contribution in [0.2, 0.25) is 0 Å². The number of aryl methyl sites for hydroxylation is 1. The Morgan fingerprint density at radius 1 is 1.31 bits per heavy atom. The fraction of sp³-hybridized carbons (Fsp3) is 0.400. The average Bonchev–Trinajstić information content (AvgIpc) is 2.16. The second kappa shape index (κ2) is 5.10. The van der Waals surface area contributed by atoms with Gasteiger partial charge >= 0.3 is 0 Å². The summed E-state index contributed by atoms with van der Waals surface area (Å²) in [5, 5.41) is 18.6. The summed E-state index contributed by atoms with van der Waals surface area (Å²) in [6.45, 7) is 0. The molecule has 0 saturated heterocycles. The standard InChI is InChI=1S/C10H13ClO2/c11-7-9(12)6-5-8-3-1-2-4-10(8)13/h1-4,9,12-13H,5-7H2/t9-/m1/s1. The van der Waals surface area contributed by atoms with E-state index in [0.29, 0.717) is 12.8 Å². The summed E-state index contributed by atoms with van der Waals surface area (Å²) >= 11 is 5.45. The second-order valence-electron chi connectivity index (χ2n) is 2.98. The summed E-state index contributed by atoms with van der Waals surface area (Å²) in [5.41, 5.74) is 0.853. The summed E-state index contributed by atoms with van der Waals surface area (Å²) in [5.74, 6) is 0.525. The molecule has 0 spiro atoms. The van der Waals surface area contributed by atoms with E-state index in [-0.39, 0.29) is 11.6 Å². The van der Waals surface area contributed by atoms with E-state index >= 15 is 0 Å². The molecule has 3 heteroatoms. The Bertz CT molecular complexity index is 263. The van der Waals surface area contributed by atoms with Crippen LogP contribution in [0.25, 0.3) is 0 Å². The van der Waals surface area contributed by atoms with Crippen LogP contribution in [0, 0.1) is 0 Å². The lowest BCUT2D eigenvalue weighted by Crippen LogP contribution is -2.09. The molecule has 0 amide bonds. The summed E-state index contributed by atoms with van der Waals surface area (Å²) in [4.78, 5) is 0. The van der Waals surface area contributed by atoms with Crippen molar-refractivity contribution in [2.24, 2.45) is 0 Å². The molecule has 1 aromatic rings. The number of hydrogen-bond donors (Lipinski definition) is 2. The first-order chi connectivity index (χ1) is 6.24. The van der Waals surface area contributed by atoms with Gasteiger partial charge in [-0.15, -0.1) is 11.6 Å². The number of phenolic OH excluding ortho intramolecular Hbond substituents is 1. The maximum absolute atomic E-state index is 9.38. The molecule has 1 aromatic carbocycles. The van der Waals surface area contributed by atoms with Crippen LogP contribution < -0.4 is 0 Å². The number of para-hydroxylation sites is 1. The minimum absolute atomic E-state index is 0.244. The van der Waals surface area contributed by atoms with Crippen LogP contribution in [0.3, 0.4) is 0 Å². The maximum atomic E-state index is 9.38. The monoisotopic (exact) mass is 200 g/mol. The summed E-state index contributed by atoms with van der Waals surface area (Å²) < 4.78 is 0. The van der Waals surface area contributed by atoms with Gasteiger partial charge in [0.05, 0.1) is 6.10 Å². The number of aromatic hydroxyl groups is 1. The van der Waals surface area contributed by atoms with Gasteiger partial charge in [0, 0.05) is 5.88 Å². The highest BCUT2D eigenvalue weighted by Gasteiger charge is 2.04. The summed E-state index contributed by atoms with van der Waals surface area (Å²) in [6, 6.07) is 7.12. The first kappa shape index (κ1) is 10.4. The number of halogens is 1. The molecule has 72 valence electrons. The van der Waals surface area contributed by atoms with E-state index in [9.17, 15) is 10.2 Å². The molecule has 2 nitrogen and oxygen atoms in total. The number of aliphatic hydroxyl groups is 1. The predicted molar refractivity (Wildman–Crippen MR) is 53.2 cm³/mol. The molecule has 0 aliphatic carbocycles. The van der Waals surface area contributed by atoms with Crippen LogP contribution in [-0.2, 0) is 6.42 Å². The topological polar surface area (TPSA) is 40.5 Å². The zero-order valence-corrected chi connectivity index (χ0v) is 8.04. The normalized spacial score (nSPS) is 12.8. The smallest absolute Gasteiger partial charge is 0.118 e. The van der Waals surface area contributed by atoms with Gasteiger partial charge in [0.2, 0.25) is 0 Å². The molecule has 1 rings (SSSR count). The highest BCUT2D eigenvalue weighted by atomic mass is 35.5. The third kappa shape index (κ3) is 3.25. The first-order valence-electron chi connectivity index (χ1n) is 4.25. The van der Waals surface area contributed by atoms with Crippen molar-refractivity contribution in [3.63, 3.8) is 0 Å². The molecule has 0 aliphatic heterocycles. The molecule has 0 fully saturated rings. The zero-order chi connectivity index (χ0) is 9.68. The molecular formula is C10H13ClO2. The van der Waals surface area contributed by atoms with Gasteiger partial charge in [-0.1, -0.05) is 18.2 Å². The third-order valence-corrected chi connectivity index (χ3v) is 2.27. The SMILES string of the molecule is Oc1ccccc1CC[C@@H](O)CCl. The first-order valence-corrected chi connectivity index (χ1v) is 4.78. The van der Waals surface area contributed by atoms with Crippen molar-refractivity contribution >= 4 is 11.6 Å². The Balaban J connectivity index is 2.50. The Labute approximate surface area is 82.8 Å². The zero-order valence-electron chi connectivity index (χ0n) is 7.28. The van der Waals surface area contributed by atoms with Crippen LogP contribution >= 0.6 is 11.6 Å². The molecule has 1 atom stereocenters. The Hall–Kier alpha value is -0.730. The van der Waals surface area contributed by atoms with Crippen LogP contribution in [0.5, 0.6) is 5.75 Å². The van der Waals surface area contributed by atoms with Gasteiger partial charge in [0.1, 0.15) is 5.75 Å². The molecular weight excluding hydrogens is 188 g/mol. The minimum atomic E-state index is -0.485. The molecule has 0 bridgehead atoms. The molecule has 0 aromatic heterocycles. The highest BCUT2D eigenvalue weighted by molar-refractivity contribution is 6.18. The largest absolute Gasteiger partial charge is 0.508 e. The van der Waals surface area contributed by atoms with Crippen molar-refractivity contribution in [1.29, 1.82) is 0 Å². The van der Waals surface area contributed by atoms with Crippen molar-refractivity contribution in [2.45, 2.75) is 18.9 Å². The minimum Gasteiger partial charge on any atom is -0.508 e. The Morgan fingerprint density at radius 2 is 2.00 bits per heavy atom. The van der Waals surface area contributed by atoms with Crippen LogP contribution in [-0.4, -0.2) is 22.2 Å². The lowest BCUT2D eigenvalue weighted by molar-refractivity contribution is 0.188. The van der Waals surface area contributed by atoms with Crippen molar-refractivity contribution in [2.75, 3.05) is 5.88 Å². The fourth-order valence-electron chi connectivity index (χ4n) is 1.12. The van der Waals surface area contributed by atoms with Crippen LogP contribution in [0.4, 0.5) is 0 Å². The van der Waals surface area contributed by atoms with Gasteiger partial charge < -0.3 is 10.2 Å². The molecule has 2 N–H and O–H groups in total. The van der Waals surface area contributed by atoms with E-state index in [4.69, 9.17) is 11.6 Å². The van der Waals surface area contributed by atoms with Crippen molar-refractivity contribution < 1.29 is 10.2 Å². The van der Waals surface area contributed by atoms with Crippen molar-refractivity contribution in [1.82, 2.24) is 0 Å². The number of hydrogen-bond acceptors (Lipinski definition) is 2. The second-order valence-corrected chi connectivity index (χ2v) is 3.28. The van der Waals surface area contributed by atoms with Gasteiger partial charge in [-0.3, -0.25) is 0 Å². The number of benzene rings is 1. The summed E-state index contributed by atoms with van der Waals surface area (Å²) in [7, 11) is 0. The number of phenols is 1. The molecule has 0 radical (unpaired) electrons. The van der Waals surface area contributed by atoms with Gasteiger partial charge in [0.25, 0.3) is 0 Å². The number of aliphatic hydroxyl groups excluding tert-OH is 1. The van der Waals surface area contributed by atoms with Gasteiger partial charge in [0.15, 0.2) is 0 Å². The number of rotatable bonds is 4. The molecule has 0 aliphatic rings. The van der Waals surface area contributed by atoms with E-state index in [2.05, 4.69) is 0 Å². The maximum Gasteiger partial charge on any atom is 0.118 e. The molecule has 0 saturated carbocycles. The highest BCUT2D eigenvalue weighted by Crippen LogP contribution is 2.17. The summed E-state index contributed by atoms with van der Waals surface area (Å²) in [6.07, 6.45) is 0.753. The predicted octanol–water partition coefficient (Wildman–Crippen LogP) is 1.92. The van der Waals surface area contributed by atoms with Gasteiger partial charge in [-0.25, -0.2) is 0 Å². The Morgan fingerprint density at radius 3 is 2.62 bits per heavy atom. The molecule has 13 heavy (non-hydrogen) atoms. The van der Waals surface area contributed by atoms with E-state index < -0.39 is 6.10 Å².